The molecule has 0 saturated carbocycles. The molecule has 2 aromatic carbocycles. The fourth-order valence-corrected chi connectivity index (χ4v) is 3.52. The Bertz CT molecular complexity index is 944. The van der Waals surface area contributed by atoms with Gasteiger partial charge in [0.2, 0.25) is 0 Å². The summed E-state index contributed by atoms with van der Waals surface area (Å²) in [6.07, 6.45) is 4.54. The van der Waals surface area contributed by atoms with Crippen LogP contribution in [0.3, 0.4) is 0 Å². The van der Waals surface area contributed by atoms with E-state index in [-0.39, 0.29) is 17.2 Å². The average Bonchev–Trinajstić information content (AvgIpc) is 2.72. The average molecular weight is 408 g/mol. The minimum atomic E-state index is -0.457. The maximum Gasteiger partial charge on any atom is 0.269 e. The third-order valence-corrected chi connectivity index (χ3v) is 4.96. The Morgan fingerprint density at radius 1 is 0.833 bits per heavy atom. The van der Waals surface area contributed by atoms with Crippen LogP contribution >= 0.6 is 0 Å². The van der Waals surface area contributed by atoms with Crippen LogP contribution in [0.2, 0.25) is 0 Å². The van der Waals surface area contributed by atoms with E-state index < -0.39 is 9.85 Å². The number of benzene rings is 2. The van der Waals surface area contributed by atoms with E-state index in [1.807, 2.05) is 0 Å². The number of Topliss-reactive ketones (excluding diaryl/α,β-unsaturated/α-hetero) is 1. The van der Waals surface area contributed by atoms with Crippen LogP contribution in [-0.2, 0) is 4.79 Å². The summed E-state index contributed by atoms with van der Waals surface area (Å²) < 4.78 is 0. The van der Waals surface area contributed by atoms with Crippen molar-refractivity contribution in [1.29, 1.82) is 0 Å². The summed E-state index contributed by atoms with van der Waals surface area (Å²) in [6.45, 7) is 4.16. The molecule has 1 N–H and O–H groups in total. The summed E-state index contributed by atoms with van der Waals surface area (Å²) >= 11 is 0. The Morgan fingerprint density at radius 2 is 1.23 bits per heavy atom. The predicted molar refractivity (Wildman–Crippen MR) is 113 cm³/mol. The van der Waals surface area contributed by atoms with Crippen LogP contribution in [0.5, 0.6) is 0 Å². The van der Waals surface area contributed by atoms with Gasteiger partial charge in [-0.05, 0) is 54.0 Å². The second-order valence-electron chi connectivity index (χ2n) is 7.22. The van der Waals surface area contributed by atoms with Crippen LogP contribution in [0.1, 0.15) is 24.5 Å². The Balaban J connectivity index is 1.91. The van der Waals surface area contributed by atoms with Gasteiger partial charge in [-0.15, -0.1) is 0 Å². The zero-order valence-electron chi connectivity index (χ0n) is 16.5. The van der Waals surface area contributed by atoms with E-state index in [1.54, 1.807) is 36.4 Å². The van der Waals surface area contributed by atoms with Crippen LogP contribution in [0, 0.1) is 20.2 Å². The number of nitrogens with one attached hydrogen (secondary N) is 1. The molecule has 0 aromatic heterocycles. The van der Waals surface area contributed by atoms with Crippen molar-refractivity contribution in [2.75, 3.05) is 19.6 Å². The lowest BCUT2D eigenvalue weighted by molar-refractivity contribution is -0.891. The Labute approximate surface area is 173 Å². The summed E-state index contributed by atoms with van der Waals surface area (Å²) in [5.41, 5.74) is 2.76. The third-order valence-electron chi connectivity index (χ3n) is 4.96. The van der Waals surface area contributed by atoms with E-state index in [0.29, 0.717) is 24.2 Å². The lowest BCUT2D eigenvalue weighted by atomic mass is 9.94. The number of non-ortho nitro benzene ring substituents is 2. The molecule has 1 fully saturated rings. The number of hydrogen-bond donors (Lipinski definition) is 1. The van der Waals surface area contributed by atoms with Gasteiger partial charge in [0.1, 0.15) is 13.1 Å². The molecule has 8 nitrogen and oxygen atoms in total. The summed E-state index contributed by atoms with van der Waals surface area (Å²) in [6, 6.07) is 12.2. The predicted octanol–water partition coefficient (Wildman–Crippen LogP) is 2.85. The number of nitrogens with zero attached hydrogens (tertiary/aromatic N) is 2. The lowest BCUT2D eigenvalue weighted by Gasteiger charge is -2.26. The molecular weight excluding hydrogens is 386 g/mol. The number of quaternary nitrogens is 1. The van der Waals surface area contributed by atoms with Crippen molar-refractivity contribution in [3.05, 3.63) is 91.0 Å². The molecule has 0 amide bonds. The molecule has 2 aromatic rings. The number of ketones is 1. The van der Waals surface area contributed by atoms with Crippen LogP contribution in [0.25, 0.3) is 12.2 Å². The van der Waals surface area contributed by atoms with Gasteiger partial charge in [-0.25, -0.2) is 0 Å². The minimum absolute atomic E-state index is 0.00381. The maximum atomic E-state index is 13.1. The number of carbonyl (C=O) groups excluding carboxylic acids is 1. The number of piperidine rings is 1. The van der Waals surface area contributed by atoms with Crippen LogP contribution in [0.4, 0.5) is 11.4 Å². The highest BCUT2D eigenvalue weighted by Gasteiger charge is 2.28. The molecule has 1 heterocycles. The molecule has 0 unspecified atom stereocenters. The van der Waals surface area contributed by atoms with Crippen molar-refractivity contribution < 1.29 is 19.5 Å². The van der Waals surface area contributed by atoms with Crippen molar-refractivity contribution in [1.82, 2.24) is 0 Å². The molecule has 0 bridgehead atoms. The van der Waals surface area contributed by atoms with Gasteiger partial charge in [0, 0.05) is 24.3 Å². The van der Waals surface area contributed by atoms with E-state index in [1.165, 1.54) is 29.2 Å². The second kappa shape index (κ2) is 9.23. The number of nitro benzene ring substituents is 2. The van der Waals surface area contributed by atoms with E-state index >= 15 is 0 Å². The zero-order valence-corrected chi connectivity index (χ0v) is 16.5. The third kappa shape index (κ3) is 5.03. The van der Waals surface area contributed by atoms with Crippen LogP contribution < -0.4 is 4.90 Å². The van der Waals surface area contributed by atoms with Gasteiger partial charge in [0.05, 0.1) is 27.5 Å². The molecule has 0 atom stereocenters. The van der Waals surface area contributed by atoms with Gasteiger partial charge < -0.3 is 4.90 Å². The highest BCUT2D eigenvalue weighted by Crippen LogP contribution is 2.19. The standard InChI is InChI=1S/C22H21N3O5/c1-2-11-23-14-18(12-16-3-7-20(8-4-16)24(27)28)22(26)19(15-23)13-17-5-9-21(10-6-17)25(29)30/h3-10,12-13H,2,11,14-15H2,1H3/p+1/b18-12+,19-13+. The first-order valence-electron chi connectivity index (χ1n) is 9.65. The Hall–Kier alpha value is -3.65. The largest absolute Gasteiger partial charge is 0.327 e. The number of carbonyl (C=O) groups is 1. The van der Waals surface area contributed by atoms with Gasteiger partial charge in [-0.2, -0.15) is 0 Å². The van der Waals surface area contributed by atoms with E-state index in [4.69, 9.17) is 0 Å². The van der Waals surface area contributed by atoms with E-state index in [9.17, 15) is 25.0 Å². The molecule has 30 heavy (non-hydrogen) atoms. The lowest BCUT2D eigenvalue weighted by Crippen LogP contribution is -3.13. The van der Waals surface area contributed by atoms with E-state index in [2.05, 4.69) is 6.92 Å². The summed E-state index contributed by atoms with van der Waals surface area (Å²) in [4.78, 5) is 35.1. The topological polar surface area (TPSA) is 108 Å². The van der Waals surface area contributed by atoms with Crippen molar-refractivity contribution in [2.24, 2.45) is 0 Å². The quantitative estimate of drug-likeness (QED) is 0.449. The zero-order chi connectivity index (χ0) is 21.7. The van der Waals surface area contributed by atoms with Gasteiger partial charge in [-0.1, -0.05) is 6.92 Å². The maximum absolute atomic E-state index is 13.1. The molecule has 0 spiro atoms. The number of nitro groups is 2. The van der Waals surface area contributed by atoms with Crippen molar-refractivity contribution in [3.8, 4) is 0 Å². The van der Waals surface area contributed by atoms with Gasteiger partial charge in [0.25, 0.3) is 11.4 Å². The smallest absolute Gasteiger partial charge is 0.269 e. The SMILES string of the molecule is CCC[NH+]1C/C(=C\c2ccc([N+](=O)[O-])cc2)C(=O)/C(=C/c2ccc([N+](=O)[O-])cc2)C1. The van der Waals surface area contributed by atoms with Crippen molar-refractivity contribution in [3.63, 3.8) is 0 Å². The second-order valence-corrected chi connectivity index (χ2v) is 7.22. The molecule has 1 aliphatic heterocycles. The highest BCUT2D eigenvalue weighted by atomic mass is 16.6. The molecule has 8 heteroatoms. The normalized spacial score (nSPS) is 19.2. The molecule has 1 saturated heterocycles. The van der Waals surface area contributed by atoms with Crippen molar-refractivity contribution in [2.45, 2.75) is 13.3 Å². The van der Waals surface area contributed by atoms with Gasteiger partial charge in [0.15, 0.2) is 5.78 Å². The van der Waals surface area contributed by atoms with Crippen LogP contribution in [-0.4, -0.2) is 35.3 Å². The molecular formula is C22H22N3O5+. The fraction of sp³-hybridized carbons (Fsp3) is 0.227. The van der Waals surface area contributed by atoms with E-state index in [0.717, 1.165) is 24.1 Å². The first-order chi connectivity index (χ1) is 14.4. The Kier molecular flexibility index (Phi) is 6.48. The summed E-state index contributed by atoms with van der Waals surface area (Å²) in [7, 11) is 0. The first-order valence-corrected chi connectivity index (χ1v) is 9.65. The van der Waals surface area contributed by atoms with Gasteiger partial charge in [-0.3, -0.25) is 25.0 Å². The molecule has 1 aliphatic rings. The molecule has 154 valence electrons. The minimum Gasteiger partial charge on any atom is -0.327 e. The number of hydrogen-bond acceptors (Lipinski definition) is 5. The molecule has 0 radical (unpaired) electrons. The first kappa shape index (κ1) is 21.1. The van der Waals surface area contributed by atoms with Crippen LogP contribution in [0.15, 0.2) is 59.7 Å². The van der Waals surface area contributed by atoms with Gasteiger partial charge >= 0.3 is 0 Å². The Morgan fingerprint density at radius 3 is 1.57 bits per heavy atom. The highest BCUT2D eigenvalue weighted by molar-refractivity contribution is 6.14. The number of rotatable bonds is 6. The monoisotopic (exact) mass is 408 g/mol. The fourth-order valence-electron chi connectivity index (χ4n) is 3.52. The summed E-state index contributed by atoms with van der Waals surface area (Å²) in [5, 5.41) is 21.7. The molecule has 0 aliphatic carbocycles. The number of likely N-dealkylation sites (tertiary alicyclic amines) is 1. The molecule has 3 rings (SSSR count). The summed E-state index contributed by atoms with van der Waals surface area (Å²) in [5.74, 6) is -0.0634. The van der Waals surface area contributed by atoms with Crippen molar-refractivity contribution >= 4 is 29.3 Å².